The van der Waals surface area contributed by atoms with E-state index in [-0.39, 0.29) is 21.8 Å². The normalized spacial score (nSPS) is 11.0. The second-order valence-electron chi connectivity index (χ2n) is 4.12. The lowest BCUT2D eigenvalue weighted by molar-refractivity contribution is -0.384. The highest BCUT2D eigenvalue weighted by molar-refractivity contribution is 6.32. The zero-order valence-electron chi connectivity index (χ0n) is 10.6. The highest BCUT2D eigenvalue weighted by Gasteiger charge is 2.13. The second kappa shape index (κ2) is 6.16. The number of nitro benzene ring substituents is 1. The van der Waals surface area contributed by atoms with E-state index in [0.717, 1.165) is 0 Å². The zero-order valence-corrected chi connectivity index (χ0v) is 11.3. The minimum Gasteiger partial charge on any atom is -0.258 e. The number of hydrogen-bond donors (Lipinski definition) is 0. The largest absolute Gasteiger partial charge is 0.288 e. The van der Waals surface area contributed by atoms with Crippen LogP contribution in [0.25, 0.3) is 11.6 Å². The predicted molar refractivity (Wildman–Crippen MR) is 78.0 cm³/mol. The molecule has 0 spiro atoms. The standard InChI is InChI=1S/C15H8ClFN2O2/c16-13-6-5-10(8-15(13)19(20)21)7-11(9-18)12-3-1-2-4-14(12)17/h1-8H. The van der Waals surface area contributed by atoms with Crippen molar-refractivity contribution in [2.75, 3.05) is 0 Å². The van der Waals surface area contributed by atoms with Crippen LogP contribution in [-0.4, -0.2) is 4.92 Å². The molecule has 0 unspecified atom stereocenters. The van der Waals surface area contributed by atoms with E-state index < -0.39 is 10.7 Å². The molecule has 104 valence electrons. The number of rotatable bonds is 3. The van der Waals surface area contributed by atoms with E-state index in [1.54, 1.807) is 6.07 Å². The molecule has 0 amide bonds. The summed E-state index contributed by atoms with van der Waals surface area (Å²) >= 11 is 5.72. The third kappa shape index (κ3) is 3.25. The van der Waals surface area contributed by atoms with Crippen molar-refractivity contribution in [1.29, 1.82) is 5.26 Å². The number of nitro groups is 1. The average molecular weight is 303 g/mol. The molecular weight excluding hydrogens is 295 g/mol. The molecule has 6 heteroatoms. The van der Waals surface area contributed by atoms with Crippen LogP contribution in [0.4, 0.5) is 10.1 Å². The molecular formula is C15H8ClFN2O2. The fraction of sp³-hybridized carbons (Fsp3) is 0. The first-order chi connectivity index (χ1) is 10.0. The van der Waals surface area contributed by atoms with Crippen LogP contribution >= 0.6 is 11.6 Å². The summed E-state index contributed by atoms with van der Waals surface area (Å²) in [6, 6.07) is 11.8. The number of benzene rings is 2. The van der Waals surface area contributed by atoms with E-state index in [2.05, 4.69) is 0 Å². The summed E-state index contributed by atoms with van der Waals surface area (Å²) in [5, 5.41) is 20.0. The van der Waals surface area contributed by atoms with Crippen LogP contribution in [0.1, 0.15) is 11.1 Å². The summed E-state index contributed by atoms with van der Waals surface area (Å²) in [6.07, 6.45) is 1.38. The lowest BCUT2D eigenvalue weighted by atomic mass is 10.0. The molecule has 0 aliphatic heterocycles. The predicted octanol–water partition coefficient (Wildman–Crippen LogP) is 4.45. The van der Waals surface area contributed by atoms with E-state index >= 15 is 0 Å². The van der Waals surface area contributed by atoms with Gasteiger partial charge in [-0.25, -0.2) is 4.39 Å². The molecule has 0 aliphatic carbocycles. The topological polar surface area (TPSA) is 66.9 Å². The van der Waals surface area contributed by atoms with Gasteiger partial charge in [-0.15, -0.1) is 0 Å². The Kier molecular flexibility index (Phi) is 4.31. The van der Waals surface area contributed by atoms with Gasteiger partial charge in [0.05, 0.1) is 16.6 Å². The fourth-order valence-corrected chi connectivity index (χ4v) is 1.96. The van der Waals surface area contributed by atoms with Crippen LogP contribution in [0, 0.1) is 27.3 Å². The minimum atomic E-state index is -0.616. The molecule has 2 aromatic carbocycles. The van der Waals surface area contributed by atoms with Gasteiger partial charge in [-0.2, -0.15) is 5.26 Å². The van der Waals surface area contributed by atoms with Gasteiger partial charge in [0, 0.05) is 11.6 Å². The summed E-state index contributed by atoms with van der Waals surface area (Å²) in [7, 11) is 0. The highest BCUT2D eigenvalue weighted by Crippen LogP contribution is 2.27. The second-order valence-corrected chi connectivity index (χ2v) is 4.52. The van der Waals surface area contributed by atoms with Crippen molar-refractivity contribution in [3.8, 4) is 6.07 Å². The number of halogens is 2. The van der Waals surface area contributed by atoms with Gasteiger partial charge in [-0.3, -0.25) is 10.1 Å². The van der Waals surface area contributed by atoms with Crippen LogP contribution in [-0.2, 0) is 0 Å². The third-order valence-corrected chi connectivity index (χ3v) is 3.08. The van der Waals surface area contributed by atoms with Crippen LogP contribution in [0.2, 0.25) is 5.02 Å². The summed E-state index contributed by atoms with van der Waals surface area (Å²) in [6.45, 7) is 0. The molecule has 0 bridgehead atoms. The SMILES string of the molecule is N#CC(=Cc1ccc(Cl)c([N+](=O)[O-])c1)c1ccccc1F. The molecule has 2 rings (SSSR count). The Morgan fingerprint density at radius 3 is 2.67 bits per heavy atom. The van der Waals surface area contributed by atoms with Gasteiger partial charge in [0.15, 0.2) is 0 Å². The maximum Gasteiger partial charge on any atom is 0.288 e. The number of nitrogens with zero attached hydrogens (tertiary/aromatic N) is 2. The van der Waals surface area contributed by atoms with Crippen LogP contribution in [0.15, 0.2) is 42.5 Å². The quantitative estimate of drug-likeness (QED) is 0.364. The van der Waals surface area contributed by atoms with Gasteiger partial charge < -0.3 is 0 Å². The van der Waals surface area contributed by atoms with E-state index in [9.17, 15) is 14.5 Å². The zero-order chi connectivity index (χ0) is 15.4. The Morgan fingerprint density at radius 2 is 2.05 bits per heavy atom. The smallest absolute Gasteiger partial charge is 0.258 e. The van der Waals surface area contributed by atoms with Gasteiger partial charge >= 0.3 is 0 Å². The molecule has 4 nitrogen and oxygen atoms in total. The van der Waals surface area contributed by atoms with Crippen molar-refractivity contribution in [1.82, 2.24) is 0 Å². The summed E-state index contributed by atoms with van der Waals surface area (Å²) < 4.78 is 13.7. The van der Waals surface area contributed by atoms with Gasteiger partial charge in [-0.05, 0) is 23.8 Å². The van der Waals surface area contributed by atoms with Gasteiger partial charge in [-0.1, -0.05) is 35.9 Å². The van der Waals surface area contributed by atoms with E-state index in [1.807, 2.05) is 6.07 Å². The number of allylic oxidation sites excluding steroid dienone is 1. The summed E-state index contributed by atoms with van der Waals surface area (Å²) in [5.41, 5.74) is 0.337. The molecule has 0 saturated carbocycles. The lowest BCUT2D eigenvalue weighted by Crippen LogP contribution is -1.91. The van der Waals surface area contributed by atoms with Gasteiger partial charge in [0.1, 0.15) is 10.8 Å². The van der Waals surface area contributed by atoms with Crippen molar-refractivity contribution in [3.63, 3.8) is 0 Å². The molecule has 0 fully saturated rings. The number of nitriles is 1. The molecule has 0 N–H and O–H groups in total. The van der Waals surface area contributed by atoms with Gasteiger partial charge in [0.25, 0.3) is 5.69 Å². The van der Waals surface area contributed by atoms with Crippen LogP contribution < -0.4 is 0 Å². The molecule has 0 heterocycles. The van der Waals surface area contributed by atoms with Crippen molar-refractivity contribution in [2.45, 2.75) is 0 Å². The van der Waals surface area contributed by atoms with E-state index in [4.69, 9.17) is 16.9 Å². The monoisotopic (exact) mass is 302 g/mol. The Bertz CT molecular complexity index is 781. The number of hydrogen-bond acceptors (Lipinski definition) is 3. The fourth-order valence-electron chi connectivity index (χ4n) is 1.78. The Labute approximate surface area is 124 Å². The van der Waals surface area contributed by atoms with E-state index in [1.165, 1.54) is 42.5 Å². The molecule has 0 atom stereocenters. The molecule has 0 aromatic heterocycles. The van der Waals surface area contributed by atoms with E-state index in [0.29, 0.717) is 5.56 Å². The molecule has 0 saturated heterocycles. The maximum absolute atomic E-state index is 13.7. The Hall–Kier alpha value is -2.71. The molecule has 0 aliphatic rings. The Morgan fingerprint density at radius 1 is 1.33 bits per heavy atom. The van der Waals surface area contributed by atoms with Crippen LogP contribution in [0.5, 0.6) is 0 Å². The minimum absolute atomic E-state index is 0.00143. The molecule has 2 aromatic rings. The first-order valence-electron chi connectivity index (χ1n) is 5.83. The Balaban J connectivity index is 2.52. The first-order valence-corrected chi connectivity index (χ1v) is 6.21. The molecule has 21 heavy (non-hydrogen) atoms. The first kappa shape index (κ1) is 14.7. The van der Waals surface area contributed by atoms with Crippen molar-refractivity contribution >= 4 is 28.9 Å². The van der Waals surface area contributed by atoms with Crippen molar-refractivity contribution < 1.29 is 9.31 Å². The average Bonchev–Trinajstić information content (AvgIpc) is 2.47. The lowest BCUT2D eigenvalue weighted by Gasteiger charge is -2.02. The third-order valence-electron chi connectivity index (χ3n) is 2.76. The van der Waals surface area contributed by atoms with Gasteiger partial charge in [0.2, 0.25) is 0 Å². The van der Waals surface area contributed by atoms with Crippen LogP contribution in [0.3, 0.4) is 0 Å². The highest BCUT2D eigenvalue weighted by atomic mass is 35.5. The summed E-state index contributed by atoms with van der Waals surface area (Å²) in [5.74, 6) is -0.534. The summed E-state index contributed by atoms with van der Waals surface area (Å²) in [4.78, 5) is 10.2. The van der Waals surface area contributed by atoms with Crippen molar-refractivity contribution in [2.24, 2.45) is 0 Å². The van der Waals surface area contributed by atoms with Crippen molar-refractivity contribution in [3.05, 3.63) is 74.5 Å². The molecule has 0 radical (unpaired) electrons. The maximum atomic E-state index is 13.7.